The highest BCUT2D eigenvalue weighted by atomic mass is 19.1. The second-order valence-electron chi connectivity index (χ2n) is 6.21. The molecule has 0 radical (unpaired) electrons. The second-order valence-corrected chi connectivity index (χ2v) is 6.21. The van der Waals surface area contributed by atoms with Crippen molar-refractivity contribution in [2.24, 2.45) is 4.99 Å². The highest BCUT2D eigenvalue weighted by Gasteiger charge is 2.25. The molecule has 1 fully saturated rings. The number of aliphatic imine (C=N–C) groups is 1. The molecule has 1 unspecified atom stereocenters. The molecule has 134 valence electrons. The van der Waals surface area contributed by atoms with Crippen molar-refractivity contribution in [1.82, 2.24) is 15.6 Å². The smallest absolute Gasteiger partial charge is 0.191 e. The molecule has 1 aliphatic heterocycles. The number of unbranched alkanes of at least 4 members (excludes halogenated alkanes) is 3. The molecule has 0 aromatic carbocycles. The average molecular weight is 335 g/mol. The Kier molecular flexibility index (Phi) is 7.79. The highest BCUT2D eigenvalue weighted by Crippen LogP contribution is 2.20. The van der Waals surface area contributed by atoms with Crippen LogP contribution in [0.2, 0.25) is 0 Å². The fourth-order valence-electron chi connectivity index (χ4n) is 2.92. The van der Waals surface area contributed by atoms with Crippen LogP contribution in [0.25, 0.3) is 0 Å². The summed E-state index contributed by atoms with van der Waals surface area (Å²) in [6, 6.07) is 3.35. The van der Waals surface area contributed by atoms with Crippen molar-refractivity contribution in [3.8, 4) is 0 Å². The van der Waals surface area contributed by atoms with Crippen LogP contribution >= 0.6 is 0 Å². The van der Waals surface area contributed by atoms with Crippen molar-refractivity contribution in [3.63, 3.8) is 0 Å². The van der Waals surface area contributed by atoms with E-state index < -0.39 is 0 Å². The van der Waals surface area contributed by atoms with E-state index in [4.69, 9.17) is 0 Å². The summed E-state index contributed by atoms with van der Waals surface area (Å²) in [7, 11) is 0. The Balaban J connectivity index is 1.84. The molecule has 0 spiro atoms. The van der Waals surface area contributed by atoms with Crippen LogP contribution in [0.5, 0.6) is 0 Å². The van der Waals surface area contributed by atoms with Crippen LogP contribution in [0, 0.1) is 5.82 Å². The van der Waals surface area contributed by atoms with E-state index >= 15 is 0 Å². The van der Waals surface area contributed by atoms with Gasteiger partial charge in [0.05, 0.1) is 0 Å². The van der Waals surface area contributed by atoms with Crippen LogP contribution in [0.1, 0.15) is 46.0 Å². The molecule has 5 nitrogen and oxygen atoms in total. The van der Waals surface area contributed by atoms with Gasteiger partial charge in [-0.3, -0.25) is 4.99 Å². The molecule has 0 amide bonds. The van der Waals surface area contributed by atoms with E-state index in [1.54, 1.807) is 12.3 Å². The Hall–Kier alpha value is -1.85. The number of nitrogens with one attached hydrogen (secondary N) is 2. The summed E-state index contributed by atoms with van der Waals surface area (Å²) in [6.07, 6.45) is 7.46. The largest absolute Gasteiger partial charge is 0.357 e. The molecule has 1 aliphatic rings. The number of guanidine groups is 1. The quantitative estimate of drug-likeness (QED) is 0.436. The van der Waals surface area contributed by atoms with Crippen molar-refractivity contribution in [1.29, 1.82) is 0 Å². The minimum atomic E-state index is -0.255. The van der Waals surface area contributed by atoms with Gasteiger partial charge in [0.25, 0.3) is 0 Å². The van der Waals surface area contributed by atoms with Crippen LogP contribution in [0.4, 0.5) is 10.2 Å². The number of aromatic nitrogens is 1. The van der Waals surface area contributed by atoms with Gasteiger partial charge >= 0.3 is 0 Å². The van der Waals surface area contributed by atoms with Gasteiger partial charge in [0.1, 0.15) is 0 Å². The molecule has 0 aliphatic carbocycles. The molecular formula is C18H30FN5. The van der Waals surface area contributed by atoms with Gasteiger partial charge in [-0.25, -0.2) is 9.37 Å². The lowest BCUT2D eigenvalue weighted by molar-refractivity contribution is 0.612. The highest BCUT2D eigenvalue weighted by molar-refractivity contribution is 5.80. The number of nitrogens with zero attached hydrogens (tertiary/aromatic N) is 3. The summed E-state index contributed by atoms with van der Waals surface area (Å²) in [6.45, 7) is 7.52. The summed E-state index contributed by atoms with van der Waals surface area (Å²) in [5.41, 5.74) is 0. The van der Waals surface area contributed by atoms with Crippen molar-refractivity contribution in [2.75, 3.05) is 31.1 Å². The zero-order valence-electron chi connectivity index (χ0n) is 14.9. The number of hydrogen-bond donors (Lipinski definition) is 2. The number of rotatable bonds is 8. The topological polar surface area (TPSA) is 52.6 Å². The van der Waals surface area contributed by atoms with Gasteiger partial charge in [0.2, 0.25) is 0 Å². The minimum Gasteiger partial charge on any atom is -0.357 e. The second kappa shape index (κ2) is 10.1. The van der Waals surface area contributed by atoms with Crippen LogP contribution in [-0.2, 0) is 0 Å². The number of anilines is 1. The summed E-state index contributed by atoms with van der Waals surface area (Å²) in [4.78, 5) is 10.8. The van der Waals surface area contributed by atoms with Crippen molar-refractivity contribution >= 4 is 11.8 Å². The molecule has 1 aromatic rings. The van der Waals surface area contributed by atoms with E-state index in [-0.39, 0.29) is 11.9 Å². The lowest BCUT2D eigenvalue weighted by Gasteiger charge is -2.19. The molecule has 6 heteroatoms. The zero-order valence-corrected chi connectivity index (χ0v) is 14.9. The third-order valence-electron chi connectivity index (χ3n) is 4.19. The molecule has 1 saturated heterocycles. The predicted molar refractivity (Wildman–Crippen MR) is 98.1 cm³/mol. The van der Waals surface area contributed by atoms with Gasteiger partial charge in [0, 0.05) is 38.4 Å². The summed E-state index contributed by atoms with van der Waals surface area (Å²) < 4.78 is 13.9. The lowest BCUT2D eigenvalue weighted by atomic mass is 10.2. The van der Waals surface area contributed by atoms with Gasteiger partial charge in [-0.1, -0.05) is 26.2 Å². The van der Waals surface area contributed by atoms with Crippen LogP contribution in [0.15, 0.2) is 23.3 Å². The van der Waals surface area contributed by atoms with E-state index in [0.717, 1.165) is 45.0 Å². The molecule has 0 bridgehead atoms. The third-order valence-corrected chi connectivity index (χ3v) is 4.19. The van der Waals surface area contributed by atoms with Crippen molar-refractivity contribution in [2.45, 2.75) is 52.0 Å². The van der Waals surface area contributed by atoms with Gasteiger partial charge in [-0.15, -0.1) is 0 Å². The summed E-state index contributed by atoms with van der Waals surface area (Å²) >= 11 is 0. The zero-order chi connectivity index (χ0) is 17.2. The molecule has 2 rings (SSSR count). The number of hydrogen-bond acceptors (Lipinski definition) is 3. The Morgan fingerprint density at radius 2 is 2.25 bits per heavy atom. The first-order valence-electron chi connectivity index (χ1n) is 9.14. The van der Waals surface area contributed by atoms with E-state index in [2.05, 4.69) is 34.5 Å². The minimum absolute atomic E-state index is 0.255. The molecule has 24 heavy (non-hydrogen) atoms. The van der Waals surface area contributed by atoms with Crippen LogP contribution in [0.3, 0.4) is 0 Å². The fraction of sp³-hybridized carbons (Fsp3) is 0.667. The Morgan fingerprint density at radius 3 is 3.00 bits per heavy atom. The fourth-order valence-corrected chi connectivity index (χ4v) is 2.92. The van der Waals surface area contributed by atoms with Gasteiger partial charge in [-0.05, 0) is 31.9 Å². The first kappa shape index (κ1) is 18.5. The monoisotopic (exact) mass is 335 g/mol. The molecule has 1 atom stereocenters. The first-order chi connectivity index (χ1) is 11.7. The maximum absolute atomic E-state index is 13.9. The van der Waals surface area contributed by atoms with E-state index in [0.29, 0.717) is 5.82 Å². The van der Waals surface area contributed by atoms with Crippen molar-refractivity contribution in [3.05, 3.63) is 24.1 Å². The summed E-state index contributed by atoms with van der Waals surface area (Å²) in [5.74, 6) is 1.06. The molecular weight excluding hydrogens is 305 g/mol. The number of halogens is 1. The van der Waals surface area contributed by atoms with Gasteiger partial charge in [0.15, 0.2) is 17.6 Å². The molecule has 0 saturated carbocycles. The predicted octanol–water partition coefficient (Wildman–Crippen LogP) is 2.93. The average Bonchev–Trinajstić information content (AvgIpc) is 3.03. The Labute approximate surface area is 144 Å². The number of pyridine rings is 1. The maximum Gasteiger partial charge on any atom is 0.191 e. The third kappa shape index (κ3) is 5.65. The van der Waals surface area contributed by atoms with Crippen LogP contribution < -0.4 is 15.5 Å². The Bertz CT molecular complexity index is 520. The van der Waals surface area contributed by atoms with Gasteiger partial charge in [-0.2, -0.15) is 0 Å². The van der Waals surface area contributed by atoms with E-state index in [9.17, 15) is 4.39 Å². The van der Waals surface area contributed by atoms with Crippen LogP contribution in [-0.4, -0.2) is 43.2 Å². The van der Waals surface area contributed by atoms with Gasteiger partial charge < -0.3 is 15.5 Å². The van der Waals surface area contributed by atoms with E-state index in [1.807, 2.05) is 4.90 Å². The molecule has 2 heterocycles. The first-order valence-corrected chi connectivity index (χ1v) is 9.14. The SMILES string of the molecule is CCCCCCN=C(NCC)NC1CCN(c2ncccc2F)C1. The molecule has 1 aromatic heterocycles. The standard InChI is InChI=1S/C18H30FN5/c1-3-5-6-7-11-22-18(20-4-2)23-15-10-13-24(14-15)17-16(19)9-8-12-21-17/h8-9,12,15H,3-7,10-11,13-14H2,1-2H3,(H2,20,22,23). The Morgan fingerprint density at radius 1 is 1.38 bits per heavy atom. The van der Waals surface area contributed by atoms with Crippen molar-refractivity contribution < 1.29 is 4.39 Å². The summed E-state index contributed by atoms with van der Waals surface area (Å²) in [5, 5.41) is 6.77. The normalized spacial score (nSPS) is 18.0. The maximum atomic E-state index is 13.9. The van der Waals surface area contributed by atoms with E-state index in [1.165, 1.54) is 25.3 Å². The molecule has 2 N–H and O–H groups in total. The lowest BCUT2D eigenvalue weighted by Crippen LogP contribution is -2.44.